The molecular weight excluding hydrogens is 166 g/mol. The molecule has 1 unspecified atom stereocenters. The number of rotatable bonds is 2. The van der Waals surface area contributed by atoms with E-state index < -0.39 is 0 Å². The lowest BCUT2D eigenvalue weighted by atomic mass is 10.0. The Hall–Kier alpha value is -0.890. The Kier molecular flexibility index (Phi) is 3.23. The van der Waals surface area contributed by atoms with Crippen LogP contribution >= 0.6 is 12.2 Å². The van der Waals surface area contributed by atoms with Gasteiger partial charge < -0.3 is 5.32 Å². The second-order valence-electron chi connectivity index (χ2n) is 2.75. The summed E-state index contributed by atoms with van der Waals surface area (Å²) < 4.78 is 0. The first-order valence-electron chi connectivity index (χ1n) is 4.02. The summed E-state index contributed by atoms with van der Waals surface area (Å²) >= 11 is 5.15. The number of likely N-dealkylation sites (N-methyl/N-ethyl adjacent to an activating group) is 1. The summed E-state index contributed by atoms with van der Waals surface area (Å²) in [4.78, 5) is 0.890. The van der Waals surface area contributed by atoms with Gasteiger partial charge in [0.15, 0.2) is 0 Å². The average Bonchev–Trinajstić information content (AvgIpc) is 2.17. The lowest BCUT2D eigenvalue weighted by Gasteiger charge is -2.12. The molecule has 0 bridgehead atoms. The first-order chi connectivity index (χ1) is 5.75. The van der Waals surface area contributed by atoms with Gasteiger partial charge in [-0.2, -0.15) is 0 Å². The molecule has 12 heavy (non-hydrogen) atoms. The standard InChI is InChI=1S/C10H13NS/c1-8(10(12)11-2)9-6-4-3-5-7-9/h3-8H,1-2H3,(H,11,12). The van der Waals surface area contributed by atoms with Gasteiger partial charge in [0.2, 0.25) is 0 Å². The van der Waals surface area contributed by atoms with Crippen LogP contribution < -0.4 is 5.32 Å². The van der Waals surface area contributed by atoms with Crippen molar-refractivity contribution in [3.63, 3.8) is 0 Å². The van der Waals surface area contributed by atoms with E-state index in [1.165, 1.54) is 5.56 Å². The van der Waals surface area contributed by atoms with Crippen molar-refractivity contribution in [3.05, 3.63) is 35.9 Å². The fourth-order valence-electron chi connectivity index (χ4n) is 1.11. The molecule has 0 saturated heterocycles. The van der Waals surface area contributed by atoms with Gasteiger partial charge in [-0.25, -0.2) is 0 Å². The summed E-state index contributed by atoms with van der Waals surface area (Å²) in [7, 11) is 1.86. The van der Waals surface area contributed by atoms with E-state index >= 15 is 0 Å². The molecular formula is C10H13NS. The predicted octanol–water partition coefficient (Wildman–Crippen LogP) is 2.34. The highest BCUT2D eigenvalue weighted by Crippen LogP contribution is 2.14. The second kappa shape index (κ2) is 4.21. The Morgan fingerprint density at radius 1 is 1.33 bits per heavy atom. The number of benzene rings is 1. The molecule has 0 heterocycles. The Morgan fingerprint density at radius 2 is 1.92 bits per heavy atom. The molecule has 1 aromatic rings. The highest BCUT2D eigenvalue weighted by molar-refractivity contribution is 7.80. The minimum absolute atomic E-state index is 0.311. The molecule has 1 atom stereocenters. The highest BCUT2D eigenvalue weighted by Gasteiger charge is 2.07. The monoisotopic (exact) mass is 179 g/mol. The third kappa shape index (κ3) is 2.05. The molecule has 1 N–H and O–H groups in total. The number of thiocarbonyl (C=S) groups is 1. The van der Waals surface area contributed by atoms with Crippen molar-refractivity contribution in [2.75, 3.05) is 7.05 Å². The zero-order valence-electron chi connectivity index (χ0n) is 7.37. The fourth-order valence-corrected chi connectivity index (χ4v) is 1.25. The van der Waals surface area contributed by atoms with E-state index in [4.69, 9.17) is 12.2 Å². The number of hydrogen-bond donors (Lipinski definition) is 1. The molecule has 0 fully saturated rings. The van der Waals surface area contributed by atoms with Crippen molar-refractivity contribution in [2.45, 2.75) is 12.8 Å². The van der Waals surface area contributed by atoms with E-state index in [1.54, 1.807) is 0 Å². The molecule has 0 spiro atoms. The topological polar surface area (TPSA) is 12.0 Å². The molecule has 0 radical (unpaired) electrons. The van der Waals surface area contributed by atoms with Crippen LogP contribution in [0.3, 0.4) is 0 Å². The van der Waals surface area contributed by atoms with Crippen LogP contribution in [0.25, 0.3) is 0 Å². The average molecular weight is 179 g/mol. The molecule has 1 rings (SSSR count). The maximum Gasteiger partial charge on any atom is 0.0823 e. The van der Waals surface area contributed by atoms with E-state index in [0.29, 0.717) is 5.92 Å². The van der Waals surface area contributed by atoms with E-state index in [9.17, 15) is 0 Å². The van der Waals surface area contributed by atoms with Gasteiger partial charge in [-0.05, 0) is 5.56 Å². The third-order valence-corrected chi connectivity index (χ3v) is 2.50. The van der Waals surface area contributed by atoms with Gasteiger partial charge in [-0.15, -0.1) is 0 Å². The third-order valence-electron chi connectivity index (χ3n) is 1.94. The summed E-state index contributed by atoms with van der Waals surface area (Å²) in [5, 5.41) is 2.99. The Balaban J connectivity index is 2.78. The SMILES string of the molecule is CNC(=S)C(C)c1ccccc1. The molecule has 2 heteroatoms. The molecule has 0 amide bonds. The maximum atomic E-state index is 5.15. The number of hydrogen-bond acceptors (Lipinski definition) is 1. The summed E-state index contributed by atoms with van der Waals surface area (Å²) in [5.41, 5.74) is 1.26. The zero-order chi connectivity index (χ0) is 8.97. The van der Waals surface area contributed by atoms with Gasteiger partial charge >= 0.3 is 0 Å². The van der Waals surface area contributed by atoms with Crippen LogP contribution in [-0.2, 0) is 0 Å². The van der Waals surface area contributed by atoms with E-state index in [-0.39, 0.29) is 0 Å². The Labute approximate surface area is 78.8 Å². The minimum Gasteiger partial charge on any atom is -0.382 e. The quantitative estimate of drug-likeness (QED) is 0.699. The molecule has 0 aliphatic rings. The van der Waals surface area contributed by atoms with Crippen molar-refractivity contribution >= 4 is 17.2 Å². The highest BCUT2D eigenvalue weighted by atomic mass is 32.1. The van der Waals surface area contributed by atoms with Gasteiger partial charge in [0, 0.05) is 13.0 Å². The Bertz CT molecular complexity index is 256. The van der Waals surface area contributed by atoms with Crippen LogP contribution in [0, 0.1) is 0 Å². The van der Waals surface area contributed by atoms with Crippen LogP contribution in [0.4, 0.5) is 0 Å². The smallest absolute Gasteiger partial charge is 0.0823 e. The van der Waals surface area contributed by atoms with Gasteiger partial charge in [0.25, 0.3) is 0 Å². The van der Waals surface area contributed by atoms with Crippen LogP contribution in [0.15, 0.2) is 30.3 Å². The van der Waals surface area contributed by atoms with Gasteiger partial charge in [0.1, 0.15) is 0 Å². The fraction of sp³-hybridized carbons (Fsp3) is 0.300. The summed E-state index contributed by atoms with van der Waals surface area (Å²) in [6.45, 7) is 2.11. The van der Waals surface area contributed by atoms with E-state index in [0.717, 1.165) is 4.99 Å². The Morgan fingerprint density at radius 3 is 2.42 bits per heavy atom. The lowest BCUT2D eigenvalue weighted by Crippen LogP contribution is -2.21. The molecule has 0 saturated carbocycles. The van der Waals surface area contributed by atoms with Crippen LogP contribution in [0.2, 0.25) is 0 Å². The lowest BCUT2D eigenvalue weighted by molar-refractivity contribution is 0.975. The van der Waals surface area contributed by atoms with Crippen LogP contribution in [0.1, 0.15) is 18.4 Å². The van der Waals surface area contributed by atoms with Gasteiger partial charge in [-0.3, -0.25) is 0 Å². The zero-order valence-corrected chi connectivity index (χ0v) is 8.19. The van der Waals surface area contributed by atoms with Crippen molar-refractivity contribution in [3.8, 4) is 0 Å². The molecule has 0 aliphatic heterocycles. The van der Waals surface area contributed by atoms with Gasteiger partial charge in [0.05, 0.1) is 4.99 Å². The maximum absolute atomic E-state index is 5.15. The molecule has 1 aromatic carbocycles. The molecule has 0 aliphatic carbocycles. The molecule has 0 aromatic heterocycles. The van der Waals surface area contributed by atoms with Crippen molar-refractivity contribution < 1.29 is 0 Å². The second-order valence-corrected chi connectivity index (χ2v) is 3.19. The largest absolute Gasteiger partial charge is 0.382 e. The minimum atomic E-state index is 0.311. The number of nitrogens with one attached hydrogen (secondary N) is 1. The van der Waals surface area contributed by atoms with Crippen molar-refractivity contribution in [2.24, 2.45) is 0 Å². The van der Waals surface area contributed by atoms with Crippen molar-refractivity contribution in [1.29, 1.82) is 0 Å². The van der Waals surface area contributed by atoms with Crippen molar-refractivity contribution in [1.82, 2.24) is 5.32 Å². The van der Waals surface area contributed by atoms with E-state index in [2.05, 4.69) is 24.4 Å². The first-order valence-corrected chi connectivity index (χ1v) is 4.43. The van der Waals surface area contributed by atoms with Crippen LogP contribution in [-0.4, -0.2) is 12.0 Å². The summed E-state index contributed by atoms with van der Waals surface area (Å²) in [6, 6.07) is 10.3. The summed E-state index contributed by atoms with van der Waals surface area (Å²) in [6.07, 6.45) is 0. The first kappa shape index (κ1) is 9.20. The molecule has 1 nitrogen and oxygen atoms in total. The predicted molar refractivity (Wildman–Crippen MR) is 56.5 cm³/mol. The van der Waals surface area contributed by atoms with Crippen LogP contribution in [0.5, 0.6) is 0 Å². The normalized spacial score (nSPS) is 12.2. The van der Waals surface area contributed by atoms with E-state index in [1.807, 2.05) is 25.2 Å². The molecule has 64 valence electrons. The summed E-state index contributed by atoms with van der Waals surface area (Å²) in [5.74, 6) is 0.311. The van der Waals surface area contributed by atoms with Gasteiger partial charge in [-0.1, -0.05) is 49.5 Å².